The Bertz CT molecular complexity index is 1740. The fourth-order valence-corrected chi connectivity index (χ4v) is 6.38. The lowest BCUT2D eigenvalue weighted by molar-refractivity contribution is 0.00777. The summed E-state index contributed by atoms with van der Waals surface area (Å²) < 4.78 is 15.7. The number of carbonyl (C=O) groups excluding carboxylic acids is 1. The summed E-state index contributed by atoms with van der Waals surface area (Å²) in [4.78, 5) is 44.8. The smallest absolute Gasteiger partial charge is 0.410 e. The van der Waals surface area contributed by atoms with Crippen LogP contribution in [0.3, 0.4) is 0 Å². The van der Waals surface area contributed by atoms with Crippen molar-refractivity contribution in [2.24, 2.45) is 7.05 Å². The normalized spacial score (nSPS) is 15.8. The van der Waals surface area contributed by atoms with E-state index in [0.29, 0.717) is 23.9 Å². The van der Waals surface area contributed by atoms with Crippen LogP contribution in [0, 0.1) is 6.92 Å². The van der Waals surface area contributed by atoms with E-state index in [9.17, 15) is 14.4 Å². The van der Waals surface area contributed by atoms with Crippen LogP contribution in [0.1, 0.15) is 44.1 Å². The molecule has 4 aromatic rings. The van der Waals surface area contributed by atoms with Crippen LogP contribution in [0.15, 0.2) is 52.3 Å². The number of carbonyl (C=O) groups is 1. The van der Waals surface area contributed by atoms with Crippen LogP contribution >= 0.6 is 22.9 Å². The molecule has 1 saturated heterocycles. The van der Waals surface area contributed by atoms with Crippen LogP contribution in [0.5, 0.6) is 5.75 Å². The minimum absolute atomic E-state index is 0.146. The van der Waals surface area contributed by atoms with Gasteiger partial charge in [-0.05, 0) is 70.4 Å². The zero-order valence-electron chi connectivity index (χ0n) is 23.8. The Kier molecular flexibility index (Phi) is 7.98. The molecule has 1 fully saturated rings. The van der Waals surface area contributed by atoms with E-state index in [-0.39, 0.29) is 30.0 Å². The third-order valence-electron chi connectivity index (χ3n) is 6.86. The summed E-state index contributed by atoms with van der Waals surface area (Å²) in [6.45, 7) is 8.71. The molecule has 9 nitrogen and oxygen atoms in total. The molecular formula is C30H33ClN4O5S. The van der Waals surface area contributed by atoms with E-state index in [2.05, 4.69) is 4.98 Å². The van der Waals surface area contributed by atoms with E-state index >= 15 is 0 Å². The molecule has 1 aliphatic rings. The SMILES string of the molecule is Cc1cc(Cl)cc(-c2ccnc3cc(Cn4c(=O)ccn(C)c4=O)sc23)c1O[C@H]1CCCN(C(=O)OC(C)(C)C)C1. The predicted molar refractivity (Wildman–Crippen MR) is 161 cm³/mol. The lowest BCUT2D eigenvalue weighted by Gasteiger charge is -2.34. The van der Waals surface area contributed by atoms with E-state index in [4.69, 9.17) is 21.1 Å². The Balaban J connectivity index is 1.49. The van der Waals surface area contributed by atoms with Crippen molar-refractivity contribution in [2.45, 2.75) is 58.8 Å². The van der Waals surface area contributed by atoms with Crippen molar-refractivity contribution < 1.29 is 14.3 Å². The van der Waals surface area contributed by atoms with Gasteiger partial charge in [0, 0.05) is 53.1 Å². The molecule has 1 amide bonds. The number of piperidine rings is 1. The average Bonchev–Trinajstić information content (AvgIpc) is 3.32. The van der Waals surface area contributed by atoms with Crippen LogP contribution in [0.2, 0.25) is 5.02 Å². The maximum Gasteiger partial charge on any atom is 0.410 e. The highest BCUT2D eigenvalue weighted by Gasteiger charge is 2.29. The summed E-state index contributed by atoms with van der Waals surface area (Å²) in [6.07, 6.45) is 4.25. The Morgan fingerprint density at radius 3 is 2.71 bits per heavy atom. The predicted octanol–water partition coefficient (Wildman–Crippen LogP) is 5.61. The van der Waals surface area contributed by atoms with Crippen molar-refractivity contribution in [2.75, 3.05) is 13.1 Å². The van der Waals surface area contributed by atoms with Gasteiger partial charge >= 0.3 is 11.8 Å². The fraction of sp³-hybridized carbons (Fsp3) is 0.400. The molecule has 5 rings (SSSR count). The van der Waals surface area contributed by atoms with Crippen molar-refractivity contribution in [1.29, 1.82) is 0 Å². The zero-order valence-corrected chi connectivity index (χ0v) is 25.3. The maximum absolute atomic E-state index is 12.7. The van der Waals surface area contributed by atoms with Crippen molar-refractivity contribution in [3.05, 3.63) is 79.0 Å². The second-order valence-electron chi connectivity index (χ2n) is 11.3. The lowest BCUT2D eigenvalue weighted by Crippen LogP contribution is -2.46. The number of pyridine rings is 1. The minimum atomic E-state index is -0.571. The molecule has 0 radical (unpaired) electrons. The first-order chi connectivity index (χ1) is 19.4. The summed E-state index contributed by atoms with van der Waals surface area (Å²) in [5.74, 6) is 0.695. The first kappa shape index (κ1) is 28.9. The van der Waals surface area contributed by atoms with Gasteiger partial charge in [0.2, 0.25) is 0 Å². The average molecular weight is 597 g/mol. The summed E-state index contributed by atoms with van der Waals surface area (Å²) in [7, 11) is 1.62. The molecule has 3 aromatic heterocycles. The molecular weight excluding hydrogens is 564 g/mol. The molecule has 0 unspecified atom stereocenters. The molecule has 0 bridgehead atoms. The summed E-state index contributed by atoms with van der Waals surface area (Å²) in [5, 5.41) is 0.574. The molecule has 1 aromatic carbocycles. The van der Waals surface area contributed by atoms with E-state index in [1.54, 1.807) is 18.1 Å². The number of benzene rings is 1. The topological polar surface area (TPSA) is 95.7 Å². The van der Waals surface area contributed by atoms with Gasteiger partial charge in [0.05, 0.1) is 23.3 Å². The van der Waals surface area contributed by atoms with Crippen LogP contribution in [-0.2, 0) is 18.3 Å². The fourth-order valence-electron chi connectivity index (χ4n) is 4.97. The van der Waals surface area contributed by atoms with Gasteiger partial charge < -0.3 is 18.9 Å². The highest BCUT2D eigenvalue weighted by molar-refractivity contribution is 7.19. The summed E-state index contributed by atoms with van der Waals surface area (Å²) in [5.41, 5.74) is 2.03. The van der Waals surface area contributed by atoms with Crippen LogP contribution in [-0.4, -0.2) is 49.9 Å². The van der Waals surface area contributed by atoms with Gasteiger partial charge in [-0.15, -0.1) is 11.3 Å². The molecule has 1 aliphatic heterocycles. The van der Waals surface area contributed by atoms with Gasteiger partial charge in [0.1, 0.15) is 17.5 Å². The second-order valence-corrected chi connectivity index (χ2v) is 12.9. The summed E-state index contributed by atoms with van der Waals surface area (Å²) in [6, 6.07) is 8.95. The Morgan fingerprint density at radius 2 is 1.95 bits per heavy atom. The van der Waals surface area contributed by atoms with Gasteiger partial charge in [0.15, 0.2) is 0 Å². The number of ether oxygens (including phenoxy) is 2. The quantitative estimate of drug-likeness (QED) is 0.297. The van der Waals surface area contributed by atoms with Crippen LogP contribution in [0.25, 0.3) is 21.3 Å². The molecule has 0 aliphatic carbocycles. The summed E-state index contributed by atoms with van der Waals surface area (Å²) >= 11 is 8.02. The van der Waals surface area contributed by atoms with Crippen molar-refractivity contribution >= 4 is 39.2 Å². The lowest BCUT2D eigenvalue weighted by atomic mass is 10.0. The monoisotopic (exact) mass is 596 g/mol. The number of amides is 1. The van der Waals surface area contributed by atoms with Gasteiger partial charge in [-0.3, -0.25) is 14.3 Å². The molecule has 11 heteroatoms. The van der Waals surface area contributed by atoms with Crippen molar-refractivity contribution in [1.82, 2.24) is 19.0 Å². The van der Waals surface area contributed by atoms with Gasteiger partial charge in [-0.1, -0.05) is 11.6 Å². The first-order valence-corrected chi connectivity index (χ1v) is 14.7. The van der Waals surface area contributed by atoms with E-state index in [1.165, 1.54) is 32.7 Å². The molecule has 4 heterocycles. The first-order valence-electron chi connectivity index (χ1n) is 13.5. The van der Waals surface area contributed by atoms with Crippen LogP contribution < -0.4 is 16.0 Å². The van der Waals surface area contributed by atoms with Crippen LogP contribution in [0.4, 0.5) is 4.79 Å². The number of aromatic nitrogens is 3. The highest BCUT2D eigenvalue weighted by atomic mass is 35.5. The third-order valence-corrected chi connectivity index (χ3v) is 8.22. The minimum Gasteiger partial charge on any atom is -0.488 e. The standard InChI is InChI=1S/C30H33ClN4O5S/c1-18-13-19(31)14-23(26(18)39-20-7-6-11-34(16-20)29(38)40-30(2,3)4)22-8-10-32-24-15-21(41-27(22)24)17-35-25(36)9-12-33(5)28(35)37/h8-10,12-15,20H,6-7,11,16-17H2,1-5H3/t20-/m0/s1. The van der Waals surface area contributed by atoms with Crippen molar-refractivity contribution in [3.63, 3.8) is 0 Å². The number of thiophene rings is 1. The van der Waals surface area contributed by atoms with Gasteiger partial charge in [-0.25, -0.2) is 9.59 Å². The molecule has 0 spiro atoms. The van der Waals surface area contributed by atoms with E-state index in [0.717, 1.165) is 44.6 Å². The molecule has 0 saturated carbocycles. The second kappa shape index (κ2) is 11.3. The van der Waals surface area contributed by atoms with E-state index < -0.39 is 5.60 Å². The maximum atomic E-state index is 12.7. The number of aryl methyl sites for hydroxylation is 2. The number of halogens is 1. The Labute approximate surface area is 246 Å². The van der Waals surface area contributed by atoms with Gasteiger partial charge in [0.25, 0.3) is 5.56 Å². The number of fused-ring (bicyclic) bond motifs is 1. The van der Waals surface area contributed by atoms with Gasteiger partial charge in [-0.2, -0.15) is 0 Å². The number of hydrogen-bond donors (Lipinski definition) is 0. The van der Waals surface area contributed by atoms with E-state index in [1.807, 2.05) is 52.0 Å². The largest absolute Gasteiger partial charge is 0.488 e. The third kappa shape index (κ3) is 6.33. The van der Waals surface area contributed by atoms with Crippen molar-refractivity contribution in [3.8, 4) is 16.9 Å². The molecule has 0 N–H and O–H groups in total. The Morgan fingerprint density at radius 1 is 1.17 bits per heavy atom. The Hall–Kier alpha value is -3.63. The molecule has 1 atom stereocenters. The number of hydrogen-bond acceptors (Lipinski definition) is 7. The molecule has 216 valence electrons. The highest BCUT2D eigenvalue weighted by Crippen LogP contribution is 2.42. The zero-order chi connectivity index (χ0) is 29.5. The number of nitrogens with zero attached hydrogens (tertiary/aromatic N) is 4. The molecule has 41 heavy (non-hydrogen) atoms. The number of likely N-dealkylation sites (tertiary alicyclic amines) is 1. The number of rotatable bonds is 5.